The smallest absolute Gasteiger partial charge is 0.254 e. The van der Waals surface area contributed by atoms with Gasteiger partial charge in [-0.3, -0.25) is 4.79 Å². The van der Waals surface area contributed by atoms with Crippen LogP contribution in [0.1, 0.15) is 30.6 Å². The number of carbonyl (C=O) groups is 1. The molecule has 1 fully saturated rings. The van der Waals surface area contributed by atoms with Crippen LogP contribution in [0.3, 0.4) is 0 Å². The van der Waals surface area contributed by atoms with E-state index in [9.17, 15) is 4.79 Å². The second-order valence-electron chi connectivity index (χ2n) is 6.46. The molecule has 0 bridgehead atoms. The quantitative estimate of drug-likeness (QED) is 0.911. The Bertz CT molecular complexity index is 665. The molecule has 2 aromatic rings. The number of hydrogen-bond acceptors (Lipinski definition) is 4. The van der Waals surface area contributed by atoms with Crippen molar-refractivity contribution in [1.29, 1.82) is 0 Å². The highest BCUT2D eigenvalue weighted by atomic mass is 16.2. The summed E-state index contributed by atoms with van der Waals surface area (Å²) in [6.45, 7) is 5.59. The molecule has 3 rings (SSSR count). The van der Waals surface area contributed by atoms with E-state index in [0.717, 1.165) is 6.42 Å². The fraction of sp³-hybridized carbons (Fsp3) is 0.438. The summed E-state index contributed by atoms with van der Waals surface area (Å²) in [6.07, 6.45) is 5.96. The molecule has 0 radical (unpaired) electrons. The first kappa shape index (κ1) is 14.7. The van der Waals surface area contributed by atoms with Gasteiger partial charge in [0.2, 0.25) is 0 Å². The number of aromatic nitrogens is 3. The maximum atomic E-state index is 12.7. The van der Waals surface area contributed by atoms with Gasteiger partial charge in [-0.25, -0.2) is 9.67 Å². The van der Waals surface area contributed by atoms with Crippen LogP contribution in [-0.4, -0.2) is 44.7 Å². The van der Waals surface area contributed by atoms with Gasteiger partial charge in [0.25, 0.3) is 5.91 Å². The Morgan fingerprint density at radius 1 is 1.41 bits per heavy atom. The van der Waals surface area contributed by atoms with Crippen LogP contribution in [0.2, 0.25) is 0 Å². The van der Waals surface area contributed by atoms with Gasteiger partial charge in [-0.1, -0.05) is 13.8 Å². The summed E-state index contributed by atoms with van der Waals surface area (Å²) >= 11 is 0. The third-order valence-corrected chi connectivity index (χ3v) is 4.33. The molecule has 6 heteroatoms. The van der Waals surface area contributed by atoms with Crippen molar-refractivity contribution in [3.63, 3.8) is 0 Å². The second-order valence-corrected chi connectivity index (χ2v) is 6.46. The molecule has 0 aromatic carbocycles. The minimum absolute atomic E-state index is 0.0239. The van der Waals surface area contributed by atoms with Crippen LogP contribution in [-0.2, 0) is 0 Å². The Morgan fingerprint density at radius 2 is 2.23 bits per heavy atom. The van der Waals surface area contributed by atoms with Crippen LogP contribution in [0.4, 0.5) is 0 Å². The van der Waals surface area contributed by atoms with Crippen LogP contribution < -0.4 is 5.73 Å². The fourth-order valence-corrected chi connectivity index (χ4v) is 2.81. The number of rotatable bonds is 2. The van der Waals surface area contributed by atoms with Crippen molar-refractivity contribution in [1.82, 2.24) is 19.7 Å². The molecule has 1 atom stereocenters. The van der Waals surface area contributed by atoms with E-state index in [2.05, 4.69) is 23.9 Å². The van der Waals surface area contributed by atoms with Crippen molar-refractivity contribution < 1.29 is 4.79 Å². The zero-order chi connectivity index (χ0) is 15.7. The summed E-state index contributed by atoms with van der Waals surface area (Å²) in [5.41, 5.74) is 6.71. The number of piperidine rings is 1. The summed E-state index contributed by atoms with van der Waals surface area (Å²) in [4.78, 5) is 18.9. The predicted octanol–water partition coefficient (Wildman–Crippen LogP) is 1.47. The van der Waals surface area contributed by atoms with Crippen molar-refractivity contribution in [2.75, 3.05) is 13.1 Å². The number of nitrogens with two attached hydrogens (primary N) is 1. The standard InChI is InChI=1S/C16H21N5O/c1-16(2)11-20(9-5-13(16)17)15(22)12-4-7-18-14(10-12)21-8-3-6-19-21/h3-4,6-8,10,13H,5,9,11,17H2,1-2H3. The molecular weight excluding hydrogens is 278 g/mol. The van der Waals surface area contributed by atoms with E-state index in [1.807, 2.05) is 11.0 Å². The molecule has 1 unspecified atom stereocenters. The average Bonchev–Trinajstić information content (AvgIpc) is 3.04. The number of carbonyl (C=O) groups excluding carboxylic acids is 1. The van der Waals surface area contributed by atoms with Gasteiger partial charge in [-0.05, 0) is 30.0 Å². The van der Waals surface area contributed by atoms with E-state index in [1.165, 1.54) is 0 Å². The molecule has 3 heterocycles. The Labute approximate surface area is 129 Å². The third-order valence-electron chi connectivity index (χ3n) is 4.33. The predicted molar refractivity (Wildman–Crippen MR) is 83.6 cm³/mol. The van der Waals surface area contributed by atoms with Gasteiger partial charge in [0.05, 0.1) is 0 Å². The minimum atomic E-state index is -0.0637. The van der Waals surface area contributed by atoms with Crippen molar-refractivity contribution in [3.05, 3.63) is 42.4 Å². The van der Waals surface area contributed by atoms with Crippen molar-refractivity contribution in [3.8, 4) is 5.82 Å². The maximum absolute atomic E-state index is 12.7. The van der Waals surface area contributed by atoms with E-state index in [1.54, 1.807) is 35.4 Å². The SMILES string of the molecule is CC1(C)CN(C(=O)c2ccnc(-n3cccn3)c2)CCC1N. The zero-order valence-electron chi connectivity index (χ0n) is 12.9. The second kappa shape index (κ2) is 5.53. The van der Waals surface area contributed by atoms with Gasteiger partial charge in [-0.15, -0.1) is 0 Å². The summed E-state index contributed by atoms with van der Waals surface area (Å²) in [5, 5.41) is 4.15. The normalized spacial score (nSPS) is 20.9. The van der Waals surface area contributed by atoms with Gasteiger partial charge in [0, 0.05) is 43.3 Å². The molecule has 22 heavy (non-hydrogen) atoms. The van der Waals surface area contributed by atoms with Crippen LogP contribution in [0, 0.1) is 5.41 Å². The Hall–Kier alpha value is -2.21. The topological polar surface area (TPSA) is 77.0 Å². The van der Waals surface area contributed by atoms with Gasteiger partial charge < -0.3 is 10.6 Å². The van der Waals surface area contributed by atoms with Gasteiger partial charge in [0.1, 0.15) is 0 Å². The van der Waals surface area contributed by atoms with E-state index < -0.39 is 0 Å². The molecule has 0 saturated carbocycles. The summed E-state index contributed by atoms with van der Waals surface area (Å²) in [5.74, 6) is 0.666. The number of amides is 1. The van der Waals surface area contributed by atoms with E-state index in [-0.39, 0.29) is 17.4 Å². The highest BCUT2D eigenvalue weighted by Crippen LogP contribution is 2.28. The molecule has 2 aromatic heterocycles. The summed E-state index contributed by atoms with van der Waals surface area (Å²) in [7, 11) is 0. The lowest BCUT2D eigenvalue weighted by Gasteiger charge is -2.42. The van der Waals surface area contributed by atoms with Crippen LogP contribution in [0.25, 0.3) is 5.82 Å². The number of hydrogen-bond donors (Lipinski definition) is 1. The summed E-state index contributed by atoms with van der Waals surface area (Å²) < 4.78 is 1.65. The van der Waals surface area contributed by atoms with Gasteiger partial charge >= 0.3 is 0 Å². The molecule has 6 nitrogen and oxygen atoms in total. The average molecular weight is 299 g/mol. The van der Waals surface area contributed by atoms with Crippen molar-refractivity contribution in [2.45, 2.75) is 26.3 Å². The number of likely N-dealkylation sites (tertiary alicyclic amines) is 1. The Morgan fingerprint density at radius 3 is 2.91 bits per heavy atom. The molecule has 0 aliphatic carbocycles. The highest BCUT2D eigenvalue weighted by molar-refractivity contribution is 5.94. The Kier molecular flexibility index (Phi) is 3.70. The molecule has 1 amide bonds. The van der Waals surface area contributed by atoms with E-state index in [0.29, 0.717) is 24.5 Å². The first-order valence-electron chi connectivity index (χ1n) is 7.48. The molecule has 2 N–H and O–H groups in total. The van der Waals surface area contributed by atoms with Gasteiger partial charge in [-0.2, -0.15) is 5.10 Å². The molecule has 116 valence electrons. The highest BCUT2D eigenvalue weighted by Gasteiger charge is 2.35. The minimum Gasteiger partial charge on any atom is -0.338 e. The molecule has 1 saturated heterocycles. The first-order chi connectivity index (χ1) is 10.5. The third kappa shape index (κ3) is 2.74. The maximum Gasteiger partial charge on any atom is 0.254 e. The summed E-state index contributed by atoms with van der Waals surface area (Å²) in [6, 6.07) is 5.48. The fourth-order valence-electron chi connectivity index (χ4n) is 2.81. The lowest BCUT2D eigenvalue weighted by Crippen LogP contribution is -2.54. The van der Waals surface area contributed by atoms with E-state index in [4.69, 9.17) is 5.73 Å². The van der Waals surface area contributed by atoms with Gasteiger partial charge in [0.15, 0.2) is 5.82 Å². The number of nitrogens with zero attached hydrogens (tertiary/aromatic N) is 4. The molecule has 0 spiro atoms. The largest absolute Gasteiger partial charge is 0.338 e. The lowest BCUT2D eigenvalue weighted by atomic mass is 9.79. The number of pyridine rings is 1. The molecule has 1 aliphatic heterocycles. The molecular formula is C16H21N5O. The first-order valence-corrected chi connectivity index (χ1v) is 7.48. The van der Waals surface area contributed by atoms with Crippen LogP contribution >= 0.6 is 0 Å². The van der Waals surface area contributed by atoms with Crippen LogP contribution in [0.5, 0.6) is 0 Å². The van der Waals surface area contributed by atoms with E-state index >= 15 is 0 Å². The monoisotopic (exact) mass is 299 g/mol. The lowest BCUT2D eigenvalue weighted by molar-refractivity contribution is 0.0533. The Balaban J connectivity index is 1.82. The van der Waals surface area contributed by atoms with Crippen LogP contribution in [0.15, 0.2) is 36.8 Å². The van der Waals surface area contributed by atoms with Crippen molar-refractivity contribution >= 4 is 5.91 Å². The molecule has 1 aliphatic rings. The zero-order valence-corrected chi connectivity index (χ0v) is 12.9. The van der Waals surface area contributed by atoms with Crippen molar-refractivity contribution in [2.24, 2.45) is 11.1 Å².